The van der Waals surface area contributed by atoms with Crippen molar-refractivity contribution in [2.24, 2.45) is 5.73 Å². The van der Waals surface area contributed by atoms with E-state index in [-0.39, 0.29) is 29.9 Å². The Morgan fingerprint density at radius 1 is 1.13 bits per heavy atom. The van der Waals surface area contributed by atoms with Gasteiger partial charge in [-0.1, -0.05) is 0 Å². The average molecular weight is 429 g/mol. The number of halogens is 5. The number of carbonyl (C=O) groups is 1. The number of carbonyl (C=O) groups excluding carboxylic acids is 1. The highest BCUT2D eigenvalue weighted by molar-refractivity contribution is 5.98. The van der Waals surface area contributed by atoms with Crippen molar-refractivity contribution in [3.8, 4) is 0 Å². The molecule has 1 fully saturated rings. The molecule has 11 heteroatoms. The second kappa shape index (κ2) is 8.42. The maximum absolute atomic E-state index is 14.5. The number of amides is 1. The molecule has 0 radical (unpaired) electrons. The second-order valence-corrected chi connectivity index (χ2v) is 7.03. The zero-order valence-corrected chi connectivity index (χ0v) is 15.9. The molecular formula is C19H20F5N5O. The summed E-state index contributed by atoms with van der Waals surface area (Å²) in [5.41, 5.74) is 4.77. The first kappa shape index (κ1) is 21.8. The third-order valence-corrected chi connectivity index (χ3v) is 4.88. The lowest BCUT2D eigenvalue weighted by atomic mass is 9.87. The maximum Gasteiger partial charge on any atom is 0.265 e. The van der Waals surface area contributed by atoms with E-state index in [0.717, 1.165) is 18.2 Å². The fourth-order valence-electron chi connectivity index (χ4n) is 3.55. The standard InChI is InChI=1S/C19H20F5N5O/c1-26-15-14(3-2-4-19(15,23)24)28-18-13(22)8-12(16(25)30)17(29-18)27-11-6-9(20)5-10(21)7-11/h5-8,14-15,26H,2-4H2,1H3,(H2,25,30)(H2,27,28,29). The molecule has 6 nitrogen and oxygen atoms in total. The zero-order chi connectivity index (χ0) is 22.1. The van der Waals surface area contributed by atoms with Gasteiger partial charge in [-0.2, -0.15) is 0 Å². The number of aromatic nitrogens is 1. The second-order valence-electron chi connectivity index (χ2n) is 7.03. The molecular weight excluding hydrogens is 409 g/mol. The molecule has 2 atom stereocenters. The van der Waals surface area contributed by atoms with Crippen molar-refractivity contribution >= 4 is 23.2 Å². The van der Waals surface area contributed by atoms with Crippen molar-refractivity contribution in [3.63, 3.8) is 0 Å². The first-order chi connectivity index (χ1) is 14.1. The van der Waals surface area contributed by atoms with Gasteiger partial charge in [0.1, 0.15) is 17.5 Å². The lowest BCUT2D eigenvalue weighted by Gasteiger charge is -2.38. The number of hydrogen-bond acceptors (Lipinski definition) is 5. The van der Waals surface area contributed by atoms with Crippen LogP contribution in [0.2, 0.25) is 0 Å². The minimum absolute atomic E-state index is 0.0997. The molecule has 0 spiro atoms. The number of primary amides is 1. The van der Waals surface area contributed by atoms with Crippen LogP contribution in [-0.4, -0.2) is 35.9 Å². The Morgan fingerprint density at radius 2 is 1.80 bits per heavy atom. The number of alkyl halides is 2. The van der Waals surface area contributed by atoms with E-state index < -0.39 is 47.2 Å². The highest BCUT2D eigenvalue weighted by atomic mass is 19.3. The highest BCUT2D eigenvalue weighted by Crippen LogP contribution is 2.35. The summed E-state index contributed by atoms with van der Waals surface area (Å²) in [5.74, 6) is -7.48. The summed E-state index contributed by atoms with van der Waals surface area (Å²) in [5, 5.41) is 7.72. The maximum atomic E-state index is 14.5. The molecule has 1 aliphatic rings. The van der Waals surface area contributed by atoms with Crippen molar-refractivity contribution in [2.45, 2.75) is 37.3 Å². The molecule has 0 bridgehead atoms. The van der Waals surface area contributed by atoms with E-state index in [9.17, 15) is 26.7 Å². The fourth-order valence-corrected chi connectivity index (χ4v) is 3.55. The Morgan fingerprint density at radius 3 is 2.40 bits per heavy atom. The number of anilines is 3. The zero-order valence-electron chi connectivity index (χ0n) is 15.9. The van der Waals surface area contributed by atoms with Gasteiger partial charge in [-0.3, -0.25) is 4.79 Å². The number of nitrogens with one attached hydrogen (secondary N) is 3. The van der Waals surface area contributed by atoms with E-state index >= 15 is 0 Å². The molecule has 1 amide bonds. The van der Waals surface area contributed by atoms with Crippen LogP contribution in [0, 0.1) is 17.5 Å². The Labute approximate surface area is 169 Å². The number of nitrogens with two attached hydrogens (primary N) is 1. The predicted octanol–water partition coefficient (Wildman–Crippen LogP) is 3.53. The van der Waals surface area contributed by atoms with Crippen molar-refractivity contribution in [2.75, 3.05) is 17.7 Å². The number of nitrogens with zero attached hydrogens (tertiary/aromatic N) is 1. The van der Waals surface area contributed by atoms with Crippen LogP contribution in [0.1, 0.15) is 29.6 Å². The van der Waals surface area contributed by atoms with E-state index in [2.05, 4.69) is 20.9 Å². The number of hydrogen-bond donors (Lipinski definition) is 4. The number of rotatable bonds is 6. The summed E-state index contributed by atoms with van der Waals surface area (Å²) >= 11 is 0. The largest absolute Gasteiger partial charge is 0.365 e. The molecule has 1 aliphatic carbocycles. The Bertz CT molecular complexity index is 935. The van der Waals surface area contributed by atoms with Crippen LogP contribution in [0.25, 0.3) is 0 Å². The van der Waals surface area contributed by atoms with Crippen LogP contribution in [0.3, 0.4) is 0 Å². The highest BCUT2D eigenvalue weighted by Gasteiger charge is 2.46. The van der Waals surface area contributed by atoms with Crippen LogP contribution in [-0.2, 0) is 0 Å². The first-order valence-electron chi connectivity index (χ1n) is 9.16. The quantitative estimate of drug-likeness (QED) is 0.528. The predicted molar refractivity (Wildman–Crippen MR) is 101 cm³/mol. The summed E-state index contributed by atoms with van der Waals surface area (Å²) in [6.45, 7) is 0. The van der Waals surface area contributed by atoms with Gasteiger partial charge >= 0.3 is 0 Å². The molecule has 0 aliphatic heterocycles. The summed E-state index contributed by atoms with van der Waals surface area (Å²) in [6.07, 6.45) is 0.250. The molecule has 2 aromatic rings. The van der Waals surface area contributed by atoms with Crippen LogP contribution < -0.4 is 21.7 Å². The molecule has 1 aromatic carbocycles. The van der Waals surface area contributed by atoms with Gasteiger partial charge in [0.05, 0.1) is 11.6 Å². The van der Waals surface area contributed by atoms with Crippen LogP contribution in [0.4, 0.5) is 39.3 Å². The molecule has 1 aromatic heterocycles. The third kappa shape index (κ3) is 4.61. The summed E-state index contributed by atoms with van der Waals surface area (Å²) < 4.78 is 69.8. The van der Waals surface area contributed by atoms with Crippen molar-refractivity contribution in [3.05, 3.63) is 47.3 Å². The lowest BCUT2D eigenvalue weighted by molar-refractivity contribution is -0.0654. The van der Waals surface area contributed by atoms with E-state index in [1.165, 1.54) is 7.05 Å². The molecule has 30 heavy (non-hydrogen) atoms. The SMILES string of the molecule is CNC1C(Nc2nc(Nc3cc(F)cc(F)c3)c(C(N)=O)cc2F)CCCC1(F)F. The lowest BCUT2D eigenvalue weighted by Crippen LogP contribution is -2.56. The molecule has 1 saturated carbocycles. The van der Waals surface area contributed by atoms with E-state index in [1.807, 2.05) is 0 Å². The third-order valence-electron chi connectivity index (χ3n) is 4.88. The Hall–Kier alpha value is -2.95. The summed E-state index contributed by atoms with van der Waals surface area (Å²) in [7, 11) is 1.38. The van der Waals surface area contributed by atoms with Crippen molar-refractivity contribution in [1.29, 1.82) is 0 Å². The van der Waals surface area contributed by atoms with Gasteiger partial charge in [-0.25, -0.2) is 26.9 Å². The topological polar surface area (TPSA) is 92.1 Å². The van der Waals surface area contributed by atoms with Crippen LogP contribution >= 0.6 is 0 Å². The van der Waals surface area contributed by atoms with Gasteiger partial charge in [0.2, 0.25) is 0 Å². The van der Waals surface area contributed by atoms with Gasteiger partial charge in [0.15, 0.2) is 11.6 Å². The minimum atomic E-state index is -3.01. The smallest absolute Gasteiger partial charge is 0.265 e. The van der Waals surface area contributed by atoms with Crippen LogP contribution in [0.15, 0.2) is 24.3 Å². The molecule has 3 rings (SSSR count). The number of likely N-dealkylation sites (N-methyl/N-ethyl adjacent to an activating group) is 1. The van der Waals surface area contributed by atoms with E-state index in [0.29, 0.717) is 12.5 Å². The molecule has 5 N–H and O–H groups in total. The van der Waals surface area contributed by atoms with Crippen molar-refractivity contribution in [1.82, 2.24) is 10.3 Å². The molecule has 162 valence electrons. The average Bonchev–Trinajstić information content (AvgIpc) is 2.62. The Kier molecular flexibility index (Phi) is 6.11. The number of benzene rings is 1. The van der Waals surface area contributed by atoms with Crippen molar-refractivity contribution < 1.29 is 26.7 Å². The van der Waals surface area contributed by atoms with Gasteiger partial charge in [-0.15, -0.1) is 0 Å². The first-order valence-corrected chi connectivity index (χ1v) is 9.16. The monoisotopic (exact) mass is 429 g/mol. The normalized spacial score (nSPS) is 20.6. The summed E-state index contributed by atoms with van der Waals surface area (Å²) in [4.78, 5) is 15.6. The molecule has 2 unspecified atom stereocenters. The van der Waals surface area contributed by atoms with E-state index in [1.54, 1.807) is 0 Å². The van der Waals surface area contributed by atoms with Gasteiger partial charge < -0.3 is 21.7 Å². The Balaban J connectivity index is 1.96. The molecule has 1 heterocycles. The minimum Gasteiger partial charge on any atom is -0.365 e. The molecule has 0 saturated heterocycles. The van der Waals surface area contributed by atoms with Crippen LogP contribution in [0.5, 0.6) is 0 Å². The van der Waals surface area contributed by atoms with Gasteiger partial charge in [0.25, 0.3) is 11.8 Å². The van der Waals surface area contributed by atoms with E-state index in [4.69, 9.17) is 5.73 Å². The summed E-state index contributed by atoms with van der Waals surface area (Å²) in [6, 6.07) is 1.18. The van der Waals surface area contributed by atoms with Gasteiger partial charge in [-0.05, 0) is 38.1 Å². The number of pyridine rings is 1. The fraction of sp³-hybridized carbons (Fsp3) is 0.368. The van der Waals surface area contributed by atoms with Gasteiger partial charge in [0, 0.05) is 24.2 Å².